The highest BCUT2D eigenvalue weighted by Crippen LogP contribution is 2.34. The maximum absolute atomic E-state index is 13.0. The monoisotopic (exact) mass is 391 g/mol. The Hall–Kier alpha value is -2.13. The molecule has 26 heavy (non-hydrogen) atoms. The second-order valence-corrected chi connectivity index (χ2v) is 7.49. The van der Waals surface area contributed by atoms with Gasteiger partial charge in [0.2, 0.25) is 10.0 Å². The first-order chi connectivity index (χ1) is 12.1. The van der Waals surface area contributed by atoms with Crippen molar-refractivity contribution in [2.75, 3.05) is 20.2 Å². The van der Waals surface area contributed by atoms with Crippen molar-refractivity contribution >= 4 is 10.0 Å². The van der Waals surface area contributed by atoms with Gasteiger partial charge in [-0.25, -0.2) is 17.1 Å². The van der Waals surface area contributed by atoms with E-state index in [0.717, 1.165) is 22.5 Å². The first-order valence-electron chi connectivity index (χ1n) is 7.63. The Bertz CT molecular complexity index is 836. The Morgan fingerprint density at radius 1 is 1.04 bits per heavy atom. The van der Waals surface area contributed by atoms with Gasteiger partial charge in [-0.05, 0) is 42.8 Å². The third-order valence-electron chi connectivity index (χ3n) is 3.58. The van der Waals surface area contributed by atoms with Crippen LogP contribution in [0.1, 0.15) is 12.0 Å². The molecule has 0 aromatic heterocycles. The van der Waals surface area contributed by atoms with Crippen LogP contribution in [0.2, 0.25) is 0 Å². The second-order valence-electron chi connectivity index (χ2n) is 5.48. The van der Waals surface area contributed by atoms with Crippen LogP contribution in [-0.2, 0) is 16.2 Å². The van der Waals surface area contributed by atoms with Crippen molar-refractivity contribution in [3.63, 3.8) is 0 Å². The zero-order valence-corrected chi connectivity index (χ0v) is 14.6. The lowest BCUT2D eigenvalue weighted by Gasteiger charge is -2.20. The second kappa shape index (κ2) is 8.05. The minimum Gasteiger partial charge on any atom is -0.494 e. The molecule has 0 saturated carbocycles. The molecule has 0 N–H and O–H groups in total. The van der Waals surface area contributed by atoms with Gasteiger partial charge in [0.1, 0.15) is 11.6 Å². The van der Waals surface area contributed by atoms with Gasteiger partial charge in [0, 0.05) is 13.6 Å². The van der Waals surface area contributed by atoms with Crippen molar-refractivity contribution in [1.29, 1.82) is 0 Å². The number of sulfonamides is 1. The zero-order valence-electron chi connectivity index (χ0n) is 13.8. The Kier molecular flexibility index (Phi) is 6.25. The molecule has 0 amide bonds. The predicted molar refractivity (Wildman–Crippen MR) is 87.8 cm³/mol. The Morgan fingerprint density at radius 3 is 2.27 bits per heavy atom. The normalized spacial score (nSPS) is 12.4. The number of nitrogens with zero attached hydrogens (tertiary/aromatic N) is 1. The Balaban J connectivity index is 2.00. The summed E-state index contributed by atoms with van der Waals surface area (Å²) < 4.78 is 83.0. The number of ether oxygens (including phenoxy) is 1. The van der Waals surface area contributed by atoms with Gasteiger partial charge in [0.25, 0.3) is 0 Å². The smallest absolute Gasteiger partial charge is 0.417 e. The molecule has 2 aromatic rings. The van der Waals surface area contributed by atoms with E-state index in [1.54, 1.807) is 0 Å². The van der Waals surface area contributed by atoms with Crippen LogP contribution in [0, 0.1) is 5.82 Å². The maximum Gasteiger partial charge on any atom is 0.417 e. The van der Waals surface area contributed by atoms with Gasteiger partial charge in [-0.1, -0.05) is 12.1 Å². The lowest BCUT2D eigenvalue weighted by atomic mass is 10.2. The van der Waals surface area contributed by atoms with Crippen LogP contribution < -0.4 is 4.74 Å². The molecule has 0 spiro atoms. The fourth-order valence-corrected chi connectivity index (χ4v) is 3.64. The topological polar surface area (TPSA) is 46.6 Å². The first-order valence-corrected chi connectivity index (χ1v) is 9.07. The molecule has 2 aromatic carbocycles. The summed E-state index contributed by atoms with van der Waals surface area (Å²) in [4.78, 5) is -0.783. The fourth-order valence-electron chi connectivity index (χ4n) is 2.22. The number of alkyl halides is 3. The molecule has 0 bridgehead atoms. The van der Waals surface area contributed by atoms with Gasteiger partial charge in [0.15, 0.2) is 0 Å². The lowest BCUT2D eigenvalue weighted by Crippen LogP contribution is -2.30. The van der Waals surface area contributed by atoms with Gasteiger partial charge in [-0.3, -0.25) is 0 Å². The van der Waals surface area contributed by atoms with E-state index >= 15 is 0 Å². The molecular formula is C17H17F4NO3S. The molecule has 2 rings (SSSR count). The van der Waals surface area contributed by atoms with Crippen LogP contribution >= 0.6 is 0 Å². The van der Waals surface area contributed by atoms with E-state index in [0.29, 0.717) is 5.75 Å². The molecule has 0 aliphatic heterocycles. The van der Waals surface area contributed by atoms with E-state index in [1.807, 2.05) is 0 Å². The number of benzene rings is 2. The van der Waals surface area contributed by atoms with Crippen molar-refractivity contribution in [2.45, 2.75) is 17.5 Å². The molecule has 0 unspecified atom stereocenters. The highest BCUT2D eigenvalue weighted by molar-refractivity contribution is 7.89. The van der Waals surface area contributed by atoms with Crippen molar-refractivity contribution in [2.24, 2.45) is 0 Å². The molecule has 4 nitrogen and oxygen atoms in total. The molecule has 142 valence electrons. The molecule has 0 aliphatic carbocycles. The quantitative estimate of drug-likeness (QED) is 0.531. The fraction of sp³-hybridized carbons (Fsp3) is 0.294. The van der Waals surface area contributed by atoms with Crippen LogP contribution in [0.5, 0.6) is 5.75 Å². The predicted octanol–water partition coefficient (Wildman–Crippen LogP) is 3.93. The van der Waals surface area contributed by atoms with Crippen molar-refractivity contribution < 1.29 is 30.7 Å². The van der Waals surface area contributed by atoms with E-state index in [1.165, 1.54) is 37.4 Å². The Morgan fingerprint density at radius 2 is 1.65 bits per heavy atom. The summed E-state index contributed by atoms with van der Waals surface area (Å²) in [6, 6.07) is 9.35. The minimum absolute atomic E-state index is 0.0320. The van der Waals surface area contributed by atoms with Crippen molar-refractivity contribution in [3.05, 3.63) is 59.9 Å². The lowest BCUT2D eigenvalue weighted by molar-refractivity contribution is -0.139. The third kappa shape index (κ3) is 4.95. The highest BCUT2D eigenvalue weighted by atomic mass is 32.2. The molecular weight excluding hydrogens is 374 g/mol. The summed E-state index contributed by atoms with van der Waals surface area (Å²) >= 11 is 0. The van der Waals surface area contributed by atoms with Crippen LogP contribution in [0.4, 0.5) is 17.6 Å². The van der Waals surface area contributed by atoms with Crippen LogP contribution in [0.25, 0.3) is 0 Å². The average Bonchev–Trinajstić information content (AvgIpc) is 2.59. The molecule has 0 saturated heterocycles. The molecule has 0 aliphatic rings. The SMILES string of the molecule is CN(CCCOc1ccc(F)cc1)S(=O)(=O)c1ccccc1C(F)(F)F. The molecule has 0 heterocycles. The van der Waals surface area contributed by atoms with Crippen LogP contribution in [-0.4, -0.2) is 32.9 Å². The summed E-state index contributed by atoms with van der Waals surface area (Å²) in [5.74, 6) is 0.00540. The number of hydrogen-bond donors (Lipinski definition) is 0. The summed E-state index contributed by atoms with van der Waals surface area (Å²) in [5.41, 5.74) is -1.20. The van der Waals surface area contributed by atoms with Gasteiger partial charge < -0.3 is 4.74 Å². The van der Waals surface area contributed by atoms with Crippen LogP contribution in [0.3, 0.4) is 0 Å². The standard InChI is InChI=1S/C17H17F4NO3S/c1-22(11-4-12-25-14-9-7-13(18)8-10-14)26(23,24)16-6-3-2-5-15(16)17(19,20)21/h2-3,5-10H,4,11-12H2,1H3. The van der Waals surface area contributed by atoms with E-state index < -0.39 is 32.5 Å². The molecule has 0 atom stereocenters. The van der Waals surface area contributed by atoms with Crippen LogP contribution in [0.15, 0.2) is 53.4 Å². The summed E-state index contributed by atoms with van der Waals surface area (Å²) in [6.45, 7) is 0.0993. The van der Waals surface area contributed by atoms with Gasteiger partial charge in [-0.15, -0.1) is 0 Å². The van der Waals surface area contributed by atoms with Crippen molar-refractivity contribution in [3.8, 4) is 5.75 Å². The van der Waals surface area contributed by atoms with Gasteiger partial charge in [0.05, 0.1) is 17.1 Å². The summed E-state index contributed by atoms with van der Waals surface area (Å²) in [7, 11) is -3.09. The van der Waals surface area contributed by atoms with E-state index in [9.17, 15) is 26.0 Å². The third-order valence-corrected chi connectivity index (χ3v) is 5.50. The highest BCUT2D eigenvalue weighted by Gasteiger charge is 2.37. The summed E-state index contributed by atoms with van der Waals surface area (Å²) in [6.07, 6.45) is -4.52. The zero-order chi connectivity index (χ0) is 19.4. The minimum atomic E-state index is -4.77. The van der Waals surface area contributed by atoms with Gasteiger partial charge >= 0.3 is 6.18 Å². The van der Waals surface area contributed by atoms with Crippen molar-refractivity contribution in [1.82, 2.24) is 4.31 Å². The summed E-state index contributed by atoms with van der Waals surface area (Å²) in [5, 5.41) is 0. The number of halogens is 4. The Labute approximate surface area is 149 Å². The average molecular weight is 391 g/mol. The largest absolute Gasteiger partial charge is 0.494 e. The molecule has 0 radical (unpaired) electrons. The number of rotatable bonds is 7. The van der Waals surface area contributed by atoms with Gasteiger partial charge in [-0.2, -0.15) is 13.2 Å². The first kappa shape index (κ1) is 20.2. The van der Waals surface area contributed by atoms with E-state index in [2.05, 4.69) is 0 Å². The van der Waals surface area contributed by atoms with E-state index in [4.69, 9.17) is 4.74 Å². The maximum atomic E-state index is 13.0. The molecule has 9 heteroatoms. The number of hydrogen-bond acceptors (Lipinski definition) is 3. The molecule has 0 fully saturated rings. The van der Waals surface area contributed by atoms with E-state index in [-0.39, 0.29) is 19.6 Å².